The molecular weight excluding hydrogens is 368 g/mol. The van der Waals surface area contributed by atoms with Crippen molar-refractivity contribution in [2.45, 2.75) is 13.8 Å². The van der Waals surface area contributed by atoms with Crippen molar-refractivity contribution in [3.05, 3.63) is 69.6 Å². The van der Waals surface area contributed by atoms with E-state index < -0.39 is 5.63 Å². The van der Waals surface area contributed by atoms with Crippen LogP contribution in [-0.4, -0.2) is 44.1 Å². The van der Waals surface area contributed by atoms with Gasteiger partial charge in [-0.1, -0.05) is 12.1 Å². The van der Waals surface area contributed by atoms with Gasteiger partial charge in [-0.25, -0.2) is 4.79 Å². The van der Waals surface area contributed by atoms with E-state index in [0.717, 1.165) is 13.1 Å². The Hall–Kier alpha value is -3.28. The predicted octanol–water partition coefficient (Wildman–Crippen LogP) is 3.38. The SMILES string of the molecule is COc1ccc2oc(=O)c(C(=O)N3CCN(c4cccc(C)c4C)CC3)cc2c1. The molecule has 1 aliphatic heterocycles. The average Bonchev–Trinajstić information content (AvgIpc) is 2.74. The number of benzene rings is 2. The number of aryl methyl sites for hydroxylation is 1. The second-order valence-electron chi connectivity index (χ2n) is 7.35. The predicted molar refractivity (Wildman–Crippen MR) is 113 cm³/mol. The lowest BCUT2D eigenvalue weighted by molar-refractivity contribution is 0.0742. The van der Waals surface area contributed by atoms with Gasteiger partial charge in [-0.05, 0) is 55.3 Å². The van der Waals surface area contributed by atoms with E-state index >= 15 is 0 Å². The summed E-state index contributed by atoms with van der Waals surface area (Å²) in [4.78, 5) is 29.4. The third-order valence-electron chi connectivity index (χ3n) is 5.65. The number of ether oxygens (including phenoxy) is 1. The van der Waals surface area contributed by atoms with Crippen molar-refractivity contribution >= 4 is 22.6 Å². The standard InChI is InChI=1S/C23H24N2O4/c1-15-5-4-6-20(16(15)2)24-9-11-25(12-10-24)22(26)19-14-17-13-18(28-3)7-8-21(17)29-23(19)27/h4-8,13-14H,9-12H2,1-3H3. The molecule has 1 amide bonds. The zero-order chi connectivity index (χ0) is 20.5. The zero-order valence-electron chi connectivity index (χ0n) is 16.9. The number of anilines is 1. The summed E-state index contributed by atoms with van der Waals surface area (Å²) < 4.78 is 10.6. The van der Waals surface area contributed by atoms with Gasteiger partial charge in [0, 0.05) is 37.3 Å². The van der Waals surface area contributed by atoms with E-state index in [0.29, 0.717) is 29.8 Å². The van der Waals surface area contributed by atoms with E-state index in [1.165, 1.54) is 16.8 Å². The summed E-state index contributed by atoms with van der Waals surface area (Å²) in [6.07, 6.45) is 0. The number of fused-ring (bicyclic) bond motifs is 1. The number of piperazine rings is 1. The molecule has 6 nitrogen and oxygen atoms in total. The normalized spacial score (nSPS) is 14.3. The number of hydrogen-bond donors (Lipinski definition) is 0. The number of carbonyl (C=O) groups excluding carboxylic acids is 1. The first-order valence-electron chi connectivity index (χ1n) is 9.70. The lowest BCUT2D eigenvalue weighted by atomic mass is 10.1. The minimum absolute atomic E-state index is 0.0611. The van der Waals surface area contributed by atoms with Crippen molar-refractivity contribution in [3.63, 3.8) is 0 Å². The first kappa shape index (κ1) is 19.1. The summed E-state index contributed by atoms with van der Waals surface area (Å²) in [5.74, 6) is 0.357. The summed E-state index contributed by atoms with van der Waals surface area (Å²) in [5, 5.41) is 0.668. The van der Waals surface area contributed by atoms with Crippen molar-refractivity contribution in [1.29, 1.82) is 0 Å². The largest absolute Gasteiger partial charge is 0.497 e. The summed E-state index contributed by atoms with van der Waals surface area (Å²) in [6, 6.07) is 13.0. The van der Waals surface area contributed by atoms with Gasteiger partial charge < -0.3 is 19.0 Å². The van der Waals surface area contributed by atoms with E-state index in [-0.39, 0.29) is 11.5 Å². The fourth-order valence-electron chi connectivity index (χ4n) is 3.78. The Balaban J connectivity index is 1.54. The molecule has 0 aliphatic carbocycles. The van der Waals surface area contributed by atoms with Crippen molar-refractivity contribution in [2.75, 3.05) is 38.2 Å². The molecule has 2 heterocycles. The lowest BCUT2D eigenvalue weighted by Crippen LogP contribution is -2.49. The molecule has 2 aromatic carbocycles. The van der Waals surface area contributed by atoms with Crippen LogP contribution in [0, 0.1) is 13.8 Å². The molecule has 6 heteroatoms. The molecule has 0 atom stereocenters. The van der Waals surface area contributed by atoms with Crippen LogP contribution in [-0.2, 0) is 0 Å². The van der Waals surface area contributed by atoms with Crippen LogP contribution in [0.15, 0.2) is 51.7 Å². The Bertz CT molecular complexity index is 1130. The Morgan fingerprint density at radius 2 is 1.79 bits per heavy atom. The summed E-state index contributed by atoms with van der Waals surface area (Å²) in [6.45, 7) is 6.79. The third-order valence-corrected chi connectivity index (χ3v) is 5.65. The minimum atomic E-state index is -0.607. The maximum atomic E-state index is 13.0. The molecule has 0 N–H and O–H groups in total. The molecule has 1 saturated heterocycles. The maximum absolute atomic E-state index is 13.0. The fourth-order valence-corrected chi connectivity index (χ4v) is 3.78. The first-order valence-corrected chi connectivity index (χ1v) is 9.70. The maximum Gasteiger partial charge on any atom is 0.349 e. The number of hydrogen-bond acceptors (Lipinski definition) is 5. The Morgan fingerprint density at radius 3 is 2.52 bits per heavy atom. The van der Waals surface area contributed by atoms with Crippen LogP contribution in [0.5, 0.6) is 5.75 Å². The van der Waals surface area contributed by atoms with Crippen molar-refractivity contribution in [1.82, 2.24) is 4.90 Å². The van der Waals surface area contributed by atoms with Crippen LogP contribution in [0.3, 0.4) is 0 Å². The molecular formula is C23H24N2O4. The average molecular weight is 392 g/mol. The van der Waals surface area contributed by atoms with Crippen molar-refractivity contribution < 1.29 is 13.9 Å². The number of rotatable bonds is 3. The van der Waals surface area contributed by atoms with Gasteiger partial charge in [-0.15, -0.1) is 0 Å². The van der Waals surface area contributed by atoms with Crippen molar-refractivity contribution in [2.24, 2.45) is 0 Å². The van der Waals surface area contributed by atoms with E-state index in [9.17, 15) is 9.59 Å². The monoisotopic (exact) mass is 392 g/mol. The quantitative estimate of drug-likeness (QED) is 0.640. The molecule has 29 heavy (non-hydrogen) atoms. The van der Waals surface area contributed by atoms with Crippen LogP contribution in [0.4, 0.5) is 5.69 Å². The molecule has 3 aromatic rings. The van der Waals surface area contributed by atoms with Gasteiger partial charge >= 0.3 is 5.63 Å². The number of methoxy groups -OCH3 is 1. The van der Waals surface area contributed by atoms with Gasteiger partial charge in [0.15, 0.2) is 0 Å². The summed E-state index contributed by atoms with van der Waals surface area (Å²) in [7, 11) is 1.57. The second kappa shape index (κ2) is 7.62. The lowest BCUT2D eigenvalue weighted by Gasteiger charge is -2.37. The van der Waals surface area contributed by atoms with Gasteiger partial charge in [0.1, 0.15) is 16.9 Å². The second-order valence-corrected chi connectivity index (χ2v) is 7.35. The molecule has 0 bridgehead atoms. The highest BCUT2D eigenvalue weighted by Gasteiger charge is 2.25. The van der Waals surface area contributed by atoms with Gasteiger partial charge in [-0.2, -0.15) is 0 Å². The Morgan fingerprint density at radius 1 is 1.03 bits per heavy atom. The highest BCUT2D eigenvalue weighted by Crippen LogP contribution is 2.25. The van der Waals surface area contributed by atoms with Crippen LogP contribution in [0.2, 0.25) is 0 Å². The van der Waals surface area contributed by atoms with E-state index in [4.69, 9.17) is 9.15 Å². The number of amides is 1. The molecule has 0 unspecified atom stereocenters. The Kier molecular flexibility index (Phi) is 5.01. The molecule has 1 fully saturated rings. The highest BCUT2D eigenvalue weighted by atomic mass is 16.5. The van der Waals surface area contributed by atoms with Crippen molar-refractivity contribution in [3.8, 4) is 5.75 Å². The molecule has 4 rings (SSSR count). The van der Waals surface area contributed by atoms with E-state index in [2.05, 4.69) is 36.9 Å². The molecule has 1 aliphatic rings. The number of nitrogens with zero attached hydrogens (tertiary/aromatic N) is 2. The van der Waals surface area contributed by atoms with E-state index in [1.807, 2.05) is 0 Å². The van der Waals surface area contributed by atoms with Gasteiger partial charge in [-0.3, -0.25) is 4.79 Å². The van der Waals surface area contributed by atoms with E-state index in [1.54, 1.807) is 36.3 Å². The first-order chi connectivity index (χ1) is 14.0. The molecule has 0 saturated carbocycles. The molecule has 0 spiro atoms. The van der Waals surface area contributed by atoms with Crippen LogP contribution >= 0.6 is 0 Å². The van der Waals surface area contributed by atoms with Gasteiger partial charge in [0.05, 0.1) is 7.11 Å². The fraction of sp³-hybridized carbons (Fsp3) is 0.304. The Labute approximate surface area is 169 Å². The molecule has 150 valence electrons. The van der Waals surface area contributed by atoms with Crippen LogP contribution < -0.4 is 15.3 Å². The molecule has 1 aromatic heterocycles. The van der Waals surface area contributed by atoms with Gasteiger partial charge in [0.2, 0.25) is 0 Å². The topological polar surface area (TPSA) is 63.0 Å². The highest BCUT2D eigenvalue weighted by molar-refractivity contribution is 5.97. The van der Waals surface area contributed by atoms with Gasteiger partial charge in [0.25, 0.3) is 5.91 Å². The summed E-state index contributed by atoms with van der Waals surface area (Å²) >= 11 is 0. The minimum Gasteiger partial charge on any atom is -0.497 e. The third kappa shape index (κ3) is 3.58. The van der Waals surface area contributed by atoms with Crippen LogP contribution in [0.25, 0.3) is 11.0 Å². The summed E-state index contributed by atoms with van der Waals surface area (Å²) in [5.41, 5.74) is 3.61. The van der Waals surface area contributed by atoms with Crippen LogP contribution in [0.1, 0.15) is 21.5 Å². The molecule has 0 radical (unpaired) electrons. The number of carbonyl (C=O) groups is 1. The zero-order valence-corrected chi connectivity index (χ0v) is 16.9. The smallest absolute Gasteiger partial charge is 0.349 e.